The van der Waals surface area contributed by atoms with Crippen LogP contribution < -0.4 is 15.4 Å². The van der Waals surface area contributed by atoms with Gasteiger partial charge in [-0.3, -0.25) is 9.89 Å². The van der Waals surface area contributed by atoms with Crippen LogP contribution in [-0.4, -0.2) is 64.8 Å². The molecule has 0 aliphatic carbocycles. The molecule has 0 atom stereocenters. The smallest absolute Gasteiger partial charge is 0.208 e. The van der Waals surface area contributed by atoms with Crippen molar-refractivity contribution in [1.29, 1.82) is 0 Å². The molecular weight excluding hydrogens is 357 g/mol. The fourth-order valence-corrected chi connectivity index (χ4v) is 3.36. The second-order valence-electron chi connectivity index (χ2n) is 6.49. The lowest BCUT2D eigenvalue weighted by atomic mass is 10.0. The first-order valence-electron chi connectivity index (χ1n) is 8.74. The summed E-state index contributed by atoms with van der Waals surface area (Å²) in [5.41, 5.74) is 1.12. The fraction of sp³-hybridized carbons (Fsp3) is 0.588. The van der Waals surface area contributed by atoms with Crippen LogP contribution in [0.15, 0.2) is 29.3 Å². The van der Waals surface area contributed by atoms with E-state index in [1.807, 2.05) is 12.1 Å². The van der Waals surface area contributed by atoms with Crippen molar-refractivity contribution in [2.75, 3.05) is 39.5 Å². The number of hydrogen-bond acceptors (Lipinski definition) is 4. The first-order chi connectivity index (χ1) is 12.4. The average Bonchev–Trinajstić information content (AvgIpc) is 2.60. The van der Waals surface area contributed by atoms with E-state index in [2.05, 4.69) is 25.2 Å². The van der Waals surface area contributed by atoms with Gasteiger partial charge in [0.2, 0.25) is 10.0 Å². The minimum atomic E-state index is -3.17. The van der Waals surface area contributed by atoms with Crippen molar-refractivity contribution in [1.82, 2.24) is 20.3 Å². The summed E-state index contributed by atoms with van der Waals surface area (Å²) in [5, 5.41) is 6.49. The van der Waals surface area contributed by atoms with E-state index >= 15 is 0 Å². The number of benzene rings is 1. The van der Waals surface area contributed by atoms with Gasteiger partial charge < -0.3 is 10.6 Å². The molecule has 1 fully saturated rings. The van der Waals surface area contributed by atoms with Crippen LogP contribution in [0.1, 0.15) is 18.4 Å². The molecule has 146 valence electrons. The summed E-state index contributed by atoms with van der Waals surface area (Å²) in [6.45, 7) is 3.53. The highest BCUT2D eigenvalue weighted by molar-refractivity contribution is 7.88. The molecule has 0 radical (unpaired) electrons. The van der Waals surface area contributed by atoms with Crippen molar-refractivity contribution in [2.45, 2.75) is 25.4 Å². The van der Waals surface area contributed by atoms with Gasteiger partial charge in [0.15, 0.2) is 5.96 Å². The minimum absolute atomic E-state index is 0.206. The number of sulfonamides is 1. The molecule has 1 aliphatic rings. The Bertz CT molecular complexity index is 686. The number of aliphatic imine (C=N–C) groups is 1. The second-order valence-corrected chi connectivity index (χ2v) is 8.32. The third kappa shape index (κ3) is 7.67. The normalized spacial score (nSPS) is 17.3. The molecule has 1 saturated heterocycles. The highest BCUT2D eigenvalue weighted by atomic mass is 32.2. The Morgan fingerprint density at radius 2 is 1.88 bits per heavy atom. The zero-order valence-electron chi connectivity index (χ0n) is 15.3. The van der Waals surface area contributed by atoms with E-state index in [-0.39, 0.29) is 5.82 Å². The van der Waals surface area contributed by atoms with Gasteiger partial charge in [-0.15, -0.1) is 0 Å². The molecule has 1 aliphatic heterocycles. The summed E-state index contributed by atoms with van der Waals surface area (Å²) in [6.07, 6.45) is 3.12. The first-order valence-corrected chi connectivity index (χ1v) is 10.6. The van der Waals surface area contributed by atoms with Crippen molar-refractivity contribution < 1.29 is 12.8 Å². The maximum absolute atomic E-state index is 13.0. The van der Waals surface area contributed by atoms with Gasteiger partial charge in [-0.1, -0.05) is 12.1 Å². The lowest BCUT2D eigenvalue weighted by Crippen LogP contribution is -2.49. The summed E-state index contributed by atoms with van der Waals surface area (Å²) < 4.78 is 37.5. The first kappa shape index (κ1) is 20.6. The molecule has 3 N–H and O–H groups in total. The number of piperidine rings is 1. The predicted octanol–water partition coefficient (Wildman–Crippen LogP) is 0.504. The largest absolute Gasteiger partial charge is 0.355 e. The molecule has 1 aromatic rings. The van der Waals surface area contributed by atoms with Crippen LogP contribution in [0.3, 0.4) is 0 Å². The Morgan fingerprint density at radius 3 is 2.46 bits per heavy atom. The van der Waals surface area contributed by atoms with Crippen molar-refractivity contribution in [3.05, 3.63) is 35.6 Å². The van der Waals surface area contributed by atoms with Crippen molar-refractivity contribution >= 4 is 16.0 Å². The Labute approximate surface area is 155 Å². The van der Waals surface area contributed by atoms with Gasteiger partial charge in [0.25, 0.3) is 0 Å². The van der Waals surface area contributed by atoms with Gasteiger partial charge in [-0.2, -0.15) is 0 Å². The molecule has 0 amide bonds. The Morgan fingerprint density at radius 1 is 1.23 bits per heavy atom. The van der Waals surface area contributed by atoms with Crippen LogP contribution in [0.25, 0.3) is 0 Å². The van der Waals surface area contributed by atoms with E-state index < -0.39 is 10.0 Å². The fourth-order valence-electron chi connectivity index (χ4n) is 2.89. The summed E-state index contributed by atoms with van der Waals surface area (Å²) >= 11 is 0. The van der Waals surface area contributed by atoms with E-state index in [0.717, 1.165) is 44.3 Å². The lowest BCUT2D eigenvalue weighted by molar-refractivity contribution is 0.198. The van der Waals surface area contributed by atoms with E-state index in [1.54, 1.807) is 7.05 Å². The predicted molar refractivity (Wildman–Crippen MR) is 102 cm³/mol. The lowest BCUT2D eigenvalue weighted by Gasteiger charge is -2.33. The molecule has 0 aromatic heterocycles. The number of likely N-dealkylation sites (tertiary alicyclic amines) is 1. The van der Waals surface area contributed by atoms with E-state index in [1.165, 1.54) is 12.1 Å². The van der Waals surface area contributed by atoms with Crippen LogP contribution in [0, 0.1) is 5.82 Å². The molecule has 1 aromatic carbocycles. The number of guanidine groups is 1. The van der Waals surface area contributed by atoms with Crippen molar-refractivity contribution in [2.24, 2.45) is 4.99 Å². The highest BCUT2D eigenvalue weighted by Crippen LogP contribution is 2.14. The summed E-state index contributed by atoms with van der Waals surface area (Å²) in [5.74, 6) is 0.472. The molecule has 9 heteroatoms. The third-order valence-electron chi connectivity index (χ3n) is 4.25. The summed E-state index contributed by atoms with van der Waals surface area (Å²) in [6, 6.07) is 6.98. The molecule has 0 bridgehead atoms. The van der Waals surface area contributed by atoms with Crippen LogP contribution in [0.4, 0.5) is 4.39 Å². The molecule has 26 heavy (non-hydrogen) atoms. The Balaban J connectivity index is 1.68. The van der Waals surface area contributed by atoms with Gasteiger partial charge in [-0.25, -0.2) is 17.5 Å². The monoisotopic (exact) mass is 385 g/mol. The maximum Gasteiger partial charge on any atom is 0.208 e. The van der Waals surface area contributed by atoms with Crippen LogP contribution in [0.2, 0.25) is 0 Å². The topological polar surface area (TPSA) is 85.8 Å². The number of rotatable bonds is 7. The summed E-state index contributed by atoms with van der Waals surface area (Å²) in [4.78, 5) is 6.54. The van der Waals surface area contributed by atoms with Crippen LogP contribution in [0.5, 0.6) is 0 Å². The zero-order chi connectivity index (χ0) is 19.0. The number of halogens is 1. The van der Waals surface area contributed by atoms with Gasteiger partial charge >= 0.3 is 0 Å². The quantitative estimate of drug-likeness (QED) is 0.362. The van der Waals surface area contributed by atoms with Crippen LogP contribution >= 0.6 is 0 Å². The molecule has 0 saturated carbocycles. The standard InChI is InChI=1S/C17H28FN5O2S/c1-19-17(20-9-10-21-26(2,24)25)22-16-7-11-23(12-8-16)13-14-3-5-15(18)6-4-14/h3-6,16,21H,7-13H2,1-2H3,(H2,19,20,22). The molecule has 2 rings (SSSR count). The average molecular weight is 386 g/mol. The summed E-state index contributed by atoms with van der Waals surface area (Å²) in [7, 11) is -1.47. The minimum Gasteiger partial charge on any atom is -0.355 e. The van der Waals surface area contributed by atoms with Gasteiger partial charge in [0, 0.05) is 45.8 Å². The Kier molecular flexibility index (Phi) is 7.80. The second kappa shape index (κ2) is 9.84. The van der Waals surface area contributed by atoms with Gasteiger partial charge in [-0.05, 0) is 30.5 Å². The van der Waals surface area contributed by atoms with Gasteiger partial charge in [0.05, 0.1) is 6.26 Å². The third-order valence-corrected chi connectivity index (χ3v) is 4.98. The van der Waals surface area contributed by atoms with Gasteiger partial charge in [0.1, 0.15) is 5.82 Å². The molecule has 7 nitrogen and oxygen atoms in total. The molecule has 0 spiro atoms. The SMILES string of the molecule is CN=C(NCCNS(C)(=O)=O)NC1CCN(Cc2ccc(F)cc2)CC1. The molecule has 0 unspecified atom stereocenters. The van der Waals surface area contributed by atoms with Crippen molar-refractivity contribution in [3.63, 3.8) is 0 Å². The molecular formula is C17H28FN5O2S. The van der Waals surface area contributed by atoms with E-state index in [0.29, 0.717) is 25.1 Å². The van der Waals surface area contributed by atoms with Crippen LogP contribution in [-0.2, 0) is 16.6 Å². The van der Waals surface area contributed by atoms with E-state index in [9.17, 15) is 12.8 Å². The number of nitrogens with zero attached hydrogens (tertiary/aromatic N) is 2. The zero-order valence-corrected chi connectivity index (χ0v) is 16.2. The maximum atomic E-state index is 13.0. The highest BCUT2D eigenvalue weighted by Gasteiger charge is 2.20. The van der Waals surface area contributed by atoms with E-state index in [4.69, 9.17) is 0 Å². The number of hydrogen-bond donors (Lipinski definition) is 3. The number of nitrogens with one attached hydrogen (secondary N) is 3. The molecule has 1 heterocycles. The van der Waals surface area contributed by atoms with Crippen molar-refractivity contribution in [3.8, 4) is 0 Å². The Hall–Kier alpha value is -1.71.